The number of hydrogen-bond donors (Lipinski definition) is 1. The molecule has 0 bridgehead atoms. The zero-order chi connectivity index (χ0) is 11.2. The first kappa shape index (κ1) is 12.4. The largest absolute Gasteiger partial charge is 0.314 e. The van der Waals surface area contributed by atoms with E-state index in [0.717, 1.165) is 12.0 Å². The molecule has 1 saturated carbocycles. The molecule has 0 aromatic rings. The van der Waals surface area contributed by atoms with Crippen molar-refractivity contribution >= 4 is 0 Å². The summed E-state index contributed by atoms with van der Waals surface area (Å²) >= 11 is 0. The third kappa shape index (κ3) is 4.06. The molecule has 0 radical (unpaired) electrons. The Morgan fingerprint density at radius 1 is 1.12 bits per heavy atom. The van der Waals surface area contributed by atoms with Gasteiger partial charge >= 0.3 is 0 Å². The predicted octanol–water partition coefficient (Wildman–Crippen LogP) is 2.64. The summed E-state index contributed by atoms with van der Waals surface area (Å²) in [6, 6.07) is 0.825. The van der Waals surface area contributed by atoms with E-state index in [1.807, 2.05) is 0 Å². The maximum atomic E-state index is 3.64. The van der Waals surface area contributed by atoms with Crippen molar-refractivity contribution in [3.8, 4) is 0 Å². The molecule has 0 aromatic heterocycles. The van der Waals surface area contributed by atoms with E-state index in [4.69, 9.17) is 0 Å². The van der Waals surface area contributed by atoms with Crippen molar-refractivity contribution < 1.29 is 0 Å². The van der Waals surface area contributed by atoms with Crippen LogP contribution in [-0.4, -0.2) is 37.6 Å². The highest BCUT2D eigenvalue weighted by Crippen LogP contribution is 2.26. The van der Waals surface area contributed by atoms with Gasteiger partial charge in [-0.3, -0.25) is 0 Å². The Bertz CT molecular complexity index is 183. The number of nitrogens with one attached hydrogen (secondary N) is 1. The molecule has 2 nitrogen and oxygen atoms in total. The van der Waals surface area contributed by atoms with Gasteiger partial charge in [-0.1, -0.05) is 12.8 Å². The Morgan fingerprint density at radius 2 is 2.00 bits per heavy atom. The SMILES string of the molecule is CN(CCCC1CCCCN1)CC1CCC1. The zero-order valence-electron chi connectivity index (χ0n) is 10.9. The van der Waals surface area contributed by atoms with Gasteiger partial charge in [0.25, 0.3) is 0 Å². The molecule has 1 unspecified atom stereocenters. The van der Waals surface area contributed by atoms with Gasteiger partial charge in [0.15, 0.2) is 0 Å². The van der Waals surface area contributed by atoms with Crippen LogP contribution >= 0.6 is 0 Å². The molecule has 94 valence electrons. The fourth-order valence-corrected chi connectivity index (χ4v) is 2.99. The molecule has 2 rings (SSSR count). The Morgan fingerprint density at radius 3 is 2.62 bits per heavy atom. The molecule has 1 aliphatic carbocycles. The van der Waals surface area contributed by atoms with E-state index in [-0.39, 0.29) is 0 Å². The summed E-state index contributed by atoms with van der Waals surface area (Å²) in [5, 5.41) is 3.64. The lowest BCUT2D eigenvalue weighted by atomic mass is 9.85. The minimum absolute atomic E-state index is 0.825. The molecule has 0 aromatic carbocycles. The van der Waals surface area contributed by atoms with Gasteiger partial charge in [0.1, 0.15) is 0 Å². The van der Waals surface area contributed by atoms with Crippen LogP contribution in [0.5, 0.6) is 0 Å². The minimum Gasteiger partial charge on any atom is -0.314 e. The van der Waals surface area contributed by atoms with Crippen LogP contribution in [0.3, 0.4) is 0 Å². The zero-order valence-corrected chi connectivity index (χ0v) is 10.9. The number of hydrogen-bond acceptors (Lipinski definition) is 2. The summed E-state index contributed by atoms with van der Waals surface area (Å²) in [7, 11) is 2.30. The van der Waals surface area contributed by atoms with Gasteiger partial charge in [0, 0.05) is 12.6 Å². The highest BCUT2D eigenvalue weighted by molar-refractivity contribution is 4.74. The Balaban J connectivity index is 1.49. The van der Waals surface area contributed by atoms with E-state index < -0.39 is 0 Å². The normalized spacial score (nSPS) is 27.0. The van der Waals surface area contributed by atoms with E-state index in [1.165, 1.54) is 71.0 Å². The van der Waals surface area contributed by atoms with Crippen LogP contribution in [0.15, 0.2) is 0 Å². The lowest BCUT2D eigenvalue weighted by molar-refractivity contribution is 0.200. The lowest BCUT2D eigenvalue weighted by Crippen LogP contribution is -2.35. The second-order valence-corrected chi connectivity index (χ2v) is 5.85. The summed E-state index contributed by atoms with van der Waals surface area (Å²) in [5.74, 6) is 1.03. The van der Waals surface area contributed by atoms with Crippen LogP contribution in [0.25, 0.3) is 0 Å². The fourth-order valence-electron chi connectivity index (χ4n) is 2.99. The van der Waals surface area contributed by atoms with Crippen LogP contribution in [0.1, 0.15) is 51.4 Å². The molecular formula is C14H28N2. The second kappa shape index (κ2) is 6.61. The molecular weight excluding hydrogens is 196 g/mol. The molecule has 1 saturated heterocycles. The summed E-state index contributed by atoms with van der Waals surface area (Å²) in [4.78, 5) is 2.55. The molecule has 0 amide bonds. The molecule has 16 heavy (non-hydrogen) atoms. The Kier molecular flexibility index (Phi) is 5.11. The monoisotopic (exact) mass is 224 g/mol. The van der Waals surface area contributed by atoms with Crippen LogP contribution in [-0.2, 0) is 0 Å². The molecule has 1 atom stereocenters. The standard InChI is InChI=1S/C14H28N2/c1-16(12-13-6-4-7-13)11-5-9-14-8-2-3-10-15-14/h13-15H,2-12H2,1H3. The molecule has 1 N–H and O–H groups in total. The molecule has 1 heterocycles. The van der Waals surface area contributed by atoms with Crippen molar-refractivity contribution in [2.75, 3.05) is 26.7 Å². The average molecular weight is 224 g/mol. The predicted molar refractivity (Wildman–Crippen MR) is 69.7 cm³/mol. The number of nitrogens with zero attached hydrogens (tertiary/aromatic N) is 1. The van der Waals surface area contributed by atoms with Crippen molar-refractivity contribution in [3.05, 3.63) is 0 Å². The first-order valence-electron chi connectivity index (χ1n) is 7.26. The first-order valence-corrected chi connectivity index (χ1v) is 7.26. The van der Waals surface area contributed by atoms with E-state index in [9.17, 15) is 0 Å². The lowest BCUT2D eigenvalue weighted by Gasteiger charge is -2.30. The smallest absolute Gasteiger partial charge is 0.00675 e. The van der Waals surface area contributed by atoms with Crippen molar-refractivity contribution in [2.24, 2.45) is 5.92 Å². The third-order valence-electron chi connectivity index (χ3n) is 4.30. The van der Waals surface area contributed by atoms with Crippen molar-refractivity contribution in [3.63, 3.8) is 0 Å². The molecule has 2 heteroatoms. The Hall–Kier alpha value is -0.0800. The topological polar surface area (TPSA) is 15.3 Å². The van der Waals surface area contributed by atoms with Gasteiger partial charge in [-0.2, -0.15) is 0 Å². The maximum absolute atomic E-state index is 3.64. The van der Waals surface area contributed by atoms with Gasteiger partial charge in [0.05, 0.1) is 0 Å². The summed E-state index contributed by atoms with van der Waals surface area (Å²) < 4.78 is 0. The molecule has 1 aliphatic heterocycles. The minimum atomic E-state index is 0.825. The maximum Gasteiger partial charge on any atom is 0.00675 e. The first-order chi connectivity index (χ1) is 7.84. The second-order valence-electron chi connectivity index (χ2n) is 5.85. The molecule has 0 spiro atoms. The highest BCUT2D eigenvalue weighted by atomic mass is 15.1. The van der Waals surface area contributed by atoms with Gasteiger partial charge in [-0.05, 0) is 64.6 Å². The van der Waals surface area contributed by atoms with Gasteiger partial charge < -0.3 is 10.2 Å². The van der Waals surface area contributed by atoms with Crippen LogP contribution < -0.4 is 5.32 Å². The van der Waals surface area contributed by atoms with Crippen LogP contribution in [0.2, 0.25) is 0 Å². The Labute approximate surface area is 101 Å². The van der Waals surface area contributed by atoms with Gasteiger partial charge in [-0.25, -0.2) is 0 Å². The number of rotatable bonds is 6. The van der Waals surface area contributed by atoms with Gasteiger partial charge in [0.2, 0.25) is 0 Å². The third-order valence-corrected chi connectivity index (χ3v) is 4.30. The van der Waals surface area contributed by atoms with Crippen LogP contribution in [0, 0.1) is 5.92 Å². The number of piperidine rings is 1. The fraction of sp³-hybridized carbons (Fsp3) is 1.00. The summed E-state index contributed by atoms with van der Waals surface area (Å²) in [5.41, 5.74) is 0. The van der Waals surface area contributed by atoms with E-state index in [2.05, 4.69) is 17.3 Å². The van der Waals surface area contributed by atoms with Crippen molar-refractivity contribution in [2.45, 2.75) is 57.4 Å². The molecule has 2 aliphatic rings. The van der Waals surface area contributed by atoms with E-state index in [0.29, 0.717) is 0 Å². The molecule has 2 fully saturated rings. The van der Waals surface area contributed by atoms with Crippen LogP contribution in [0.4, 0.5) is 0 Å². The van der Waals surface area contributed by atoms with Crippen molar-refractivity contribution in [1.82, 2.24) is 10.2 Å². The summed E-state index contributed by atoms with van der Waals surface area (Å²) in [6.45, 7) is 3.90. The highest BCUT2D eigenvalue weighted by Gasteiger charge is 2.19. The average Bonchev–Trinajstić information content (AvgIpc) is 2.25. The van der Waals surface area contributed by atoms with E-state index in [1.54, 1.807) is 0 Å². The quantitative estimate of drug-likeness (QED) is 0.746. The summed E-state index contributed by atoms with van der Waals surface area (Å²) in [6.07, 6.45) is 11.4. The van der Waals surface area contributed by atoms with Crippen molar-refractivity contribution in [1.29, 1.82) is 0 Å². The van der Waals surface area contributed by atoms with E-state index >= 15 is 0 Å². The van der Waals surface area contributed by atoms with Gasteiger partial charge in [-0.15, -0.1) is 0 Å².